The van der Waals surface area contributed by atoms with Gasteiger partial charge in [0.1, 0.15) is 11.6 Å². The van der Waals surface area contributed by atoms with E-state index in [-0.39, 0.29) is 35.2 Å². The Bertz CT molecular complexity index is 1190. The van der Waals surface area contributed by atoms with Crippen molar-refractivity contribution in [1.29, 1.82) is 0 Å². The zero-order valence-electron chi connectivity index (χ0n) is 18.7. The van der Waals surface area contributed by atoms with Gasteiger partial charge >= 0.3 is 0 Å². The molecule has 1 fully saturated rings. The third-order valence-electron chi connectivity index (χ3n) is 5.82. The molecule has 0 saturated heterocycles. The fourth-order valence-corrected chi connectivity index (χ4v) is 5.25. The molecule has 0 aliphatic heterocycles. The number of hydrogen-bond donors (Lipinski definition) is 3. The smallest absolute Gasteiger partial charge is 0.243 e. The van der Waals surface area contributed by atoms with Gasteiger partial charge < -0.3 is 16.4 Å². The molecule has 0 amide bonds. The Kier molecular flexibility index (Phi) is 8.42. The number of nitrogens with one attached hydrogen (secondary N) is 2. The van der Waals surface area contributed by atoms with Crippen molar-refractivity contribution in [2.24, 2.45) is 5.73 Å². The highest BCUT2D eigenvalue weighted by Gasteiger charge is 2.30. The average Bonchev–Trinajstić information content (AvgIpc) is 2.81. The molecule has 4 N–H and O–H groups in total. The molecule has 0 unspecified atom stereocenters. The molecule has 0 radical (unpaired) electrons. The number of anilines is 4. The van der Waals surface area contributed by atoms with Gasteiger partial charge in [-0.15, -0.1) is 12.4 Å². The maximum Gasteiger partial charge on any atom is 0.243 e. The Morgan fingerprint density at radius 1 is 0.941 bits per heavy atom. The Labute approximate surface area is 205 Å². The highest BCUT2D eigenvalue weighted by atomic mass is 35.5. The monoisotopic (exact) mass is 506 g/mol. The van der Waals surface area contributed by atoms with E-state index in [1.54, 1.807) is 55.7 Å². The molecule has 0 bridgehead atoms. The highest BCUT2D eigenvalue weighted by molar-refractivity contribution is 7.89. The molecule has 0 atom stereocenters. The number of nitrogens with two attached hydrogens (primary N) is 1. The number of aromatic nitrogens is 2. The van der Waals surface area contributed by atoms with Crippen LogP contribution < -0.4 is 16.4 Å². The van der Waals surface area contributed by atoms with Gasteiger partial charge in [-0.2, -0.15) is 9.29 Å². The van der Waals surface area contributed by atoms with Crippen LogP contribution in [0, 0.1) is 5.82 Å². The van der Waals surface area contributed by atoms with Crippen molar-refractivity contribution >= 4 is 45.6 Å². The van der Waals surface area contributed by atoms with Crippen LogP contribution in [0.1, 0.15) is 25.7 Å². The van der Waals surface area contributed by atoms with Gasteiger partial charge in [-0.3, -0.25) is 0 Å². The normalized spacial score (nSPS) is 18.2. The molecule has 182 valence electrons. The minimum Gasteiger partial charge on any atom is -0.340 e. The summed E-state index contributed by atoms with van der Waals surface area (Å²) in [7, 11) is -1.96. The summed E-state index contributed by atoms with van der Waals surface area (Å²) in [5, 5.41) is 6.15. The summed E-state index contributed by atoms with van der Waals surface area (Å²) in [6, 6.07) is 14.3. The summed E-state index contributed by atoms with van der Waals surface area (Å²) in [6.07, 6.45) is 4.81. The Balaban J connectivity index is 0.00000324. The van der Waals surface area contributed by atoms with E-state index in [9.17, 15) is 12.8 Å². The molecule has 4 rings (SSSR count). The van der Waals surface area contributed by atoms with Gasteiger partial charge in [-0.25, -0.2) is 17.8 Å². The first-order valence-electron chi connectivity index (χ1n) is 10.8. The molecule has 2 aromatic carbocycles. The summed E-state index contributed by atoms with van der Waals surface area (Å²) in [5.41, 5.74) is 7.29. The van der Waals surface area contributed by atoms with Crippen molar-refractivity contribution in [2.75, 3.05) is 17.7 Å². The molecule has 1 aliphatic carbocycles. The summed E-state index contributed by atoms with van der Waals surface area (Å²) in [4.78, 5) is 8.82. The third kappa shape index (κ3) is 6.20. The zero-order chi connectivity index (χ0) is 23.4. The molecule has 11 heteroatoms. The number of sulfonamides is 1. The maximum atomic E-state index is 13.1. The van der Waals surface area contributed by atoms with Crippen LogP contribution in [-0.2, 0) is 10.0 Å². The van der Waals surface area contributed by atoms with E-state index in [0.29, 0.717) is 23.1 Å². The second-order valence-electron chi connectivity index (χ2n) is 8.14. The average molecular weight is 507 g/mol. The first-order chi connectivity index (χ1) is 15.8. The fourth-order valence-electron chi connectivity index (χ4n) is 3.84. The molecule has 1 aliphatic rings. The van der Waals surface area contributed by atoms with Crippen LogP contribution >= 0.6 is 12.4 Å². The Morgan fingerprint density at radius 2 is 1.53 bits per heavy atom. The van der Waals surface area contributed by atoms with Crippen LogP contribution in [-0.4, -0.2) is 41.8 Å². The third-order valence-corrected chi connectivity index (χ3v) is 7.74. The molecule has 34 heavy (non-hydrogen) atoms. The topological polar surface area (TPSA) is 113 Å². The second-order valence-corrected chi connectivity index (χ2v) is 10.1. The molecule has 0 spiro atoms. The molecular formula is C23H28ClFN6O2S. The van der Waals surface area contributed by atoms with Crippen LogP contribution in [0.5, 0.6) is 0 Å². The number of hydrogen-bond acceptors (Lipinski definition) is 7. The number of benzene rings is 2. The van der Waals surface area contributed by atoms with Gasteiger partial charge in [0.15, 0.2) is 0 Å². The molecule has 8 nitrogen and oxygen atoms in total. The predicted molar refractivity (Wildman–Crippen MR) is 134 cm³/mol. The summed E-state index contributed by atoms with van der Waals surface area (Å²) in [6.45, 7) is 0. The van der Waals surface area contributed by atoms with Crippen LogP contribution in [0.25, 0.3) is 0 Å². The summed E-state index contributed by atoms with van der Waals surface area (Å²) in [5.74, 6) is 0.561. The molecule has 3 aromatic rings. The second kappa shape index (κ2) is 11.1. The molecular weight excluding hydrogens is 479 g/mol. The van der Waals surface area contributed by atoms with Crippen LogP contribution in [0.2, 0.25) is 0 Å². The standard InChI is InChI=1S/C23H27FN6O2S.ClH/c1-30(20-10-4-17(25)5-11-20)33(31,32)21-12-8-19(9-13-21)28-23-26-15-14-22(29-23)27-18-6-2-16(24)3-7-18;/h2-3,6-9,12-15,17,20H,4-5,10-11,25H2,1H3,(H2,26,27,28,29);1H. The number of halogens is 2. The minimum atomic E-state index is -3.59. The van der Waals surface area contributed by atoms with Gasteiger partial charge in [0.25, 0.3) is 0 Å². The van der Waals surface area contributed by atoms with E-state index < -0.39 is 10.0 Å². The van der Waals surface area contributed by atoms with Gasteiger partial charge in [-0.1, -0.05) is 0 Å². The Morgan fingerprint density at radius 3 is 2.18 bits per heavy atom. The zero-order valence-corrected chi connectivity index (χ0v) is 20.3. The van der Waals surface area contributed by atoms with Crippen molar-refractivity contribution in [3.05, 3.63) is 66.6 Å². The van der Waals surface area contributed by atoms with E-state index in [4.69, 9.17) is 5.73 Å². The summed E-state index contributed by atoms with van der Waals surface area (Å²) >= 11 is 0. The van der Waals surface area contributed by atoms with E-state index in [1.807, 2.05) is 0 Å². The van der Waals surface area contributed by atoms with E-state index in [1.165, 1.54) is 16.4 Å². The van der Waals surface area contributed by atoms with Crippen molar-refractivity contribution in [1.82, 2.24) is 14.3 Å². The van der Waals surface area contributed by atoms with E-state index in [2.05, 4.69) is 20.6 Å². The lowest BCUT2D eigenvalue weighted by Crippen LogP contribution is -2.41. The fraction of sp³-hybridized carbons (Fsp3) is 0.304. The lowest BCUT2D eigenvalue weighted by Gasteiger charge is -2.32. The van der Waals surface area contributed by atoms with Gasteiger partial charge in [0.05, 0.1) is 4.90 Å². The summed E-state index contributed by atoms with van der Waals surface area (Å²) < 4.78 is 40.6. The maximum absolute atomic E-state index is 13.1. The van der Waals surface area contributed by atoms with Crippen LogP contribution in [0.3, 0.4) is 0 Å². The lowest BCUT2D eigenvalue weighted by atomic mass is 9.92. The largest absolute Gasteiger partial charge is 0.340 e. The Hall–Kier alpha value is -2.79. The molecule has 1 saturated carbocycles. The van der Waals surface area contributed by atoms with Gasteiger partial charge in [-0.05, 0) is 80.3 Å². The first kappa shape index (κ1) is 25.8. The van der Waals surface area contributed by atoms with Crippen molar-refractivity contribution in [3.63, 3.8) is 0 Å². The van der Waals surface area contributed by atoms with Gasteiger partial charge in [0, 0.05) is 36.7 Å². The highest BCUT2D eigenvalue weighted by Crippen LogP contribution is 2.27. The van der Waals surface area contributed by atoms with Crippen LogP contribution in [0.15, 0.2) is 65.7 Å². The SMILES string of the molecule is CN(C1CCC(N)CC1)S(=O)(=O)c1ccc(Nc2nccc(Nc3ccc(F)cc3)n2)cc1.Cl. The lowest BCUT2D eigenvalue weighted by molar-refractivity contribution is 0.268. The minimum absolute atomic E-state index is 0. The molecule has 1 aromatic heterocycles. The van der Waals surface area contributed by atoms with Crippen molar-refractivity contribution < 1.29 is 12.8 Å². The van der Waals surface area contributed by atoms with Crippen LogP contribution in [0.4, 0.5) is 27.5 Å². The number of nitrogens with zero attached hydrogens (tertiary/aromatic N) is 3. The quantitative estimate of drug-likeness (QED) is 0.434. The van der Waals surface area contributed by atoms with Crippen molar-refractivity contribution in [3.8, 4) is 0 Å². The predicted octanol–water partition coefficient (Wildman–Crippen LogP) is 4.42. The number of rotatable bonds is 7. The van der Waals surface area contributed by atoms with Gasteiger partial charge in [0.2, 0.25) is 16.0 Å². The van der Waals surface area contributed by atoms with E-state index in [0.717, 1.165) is 25.7 Å². The first-order valence-corrected chi connectivity index (χ1v) is 12.2. The van der Waals surface area contributed by atoms with Crippen molar-refractivity contribution in [2.45, 2.75) is 42.7 Å². The van der Waals surface area contributed by atoms with E-state index >= 15 is 0 Å². The molecule has 1 heterocycles.